The summed E-state index contributed by atoms with van der Waals surface area (Å²) in [6.07, 6.45) is 1.36. The monoisotopic (exact) mass is 235 g/mol. The summed E-state index contributed by atoms with van der Waals surface area (Å²) in [5, 5.41) is 0. The van der Waals surface area contributed by atoms with Gasteiger partial charge in [0.1, 0.15) is 6.61 Å². The molecule has 0 saturated heterocycles. The lowest BCUT2D eigenvalue weighted by molar-refractivity contribution is -0.159. The molecular formula is C8H12O6P+. The SMILES string of the molecule is C=CCO[P+](=O)C(OC(C)=O)C(=O)OC. The van der Waals surface area contributed by atoms with Crippen molar-refractivity contribution in [2.24, 2.45) is 0 Å². The fraction of sp³-hybridized carbons (Fsp3) is 0.500. The van der Waals surface area contributed by atoms with Gasteiger partial charge in [-0.2, -0.15) is 0 Å². The Hall–Kier alpha value is -1.26. The zero-order valence-electron chi connectivity index (χ0n) is 8.47. The molecule has 0 aliphatic carbocycles. The molecule has 2 atom stereocenters. The normalized spacial score (nSPS) is 12.5. The second kappa shape index (κ2) is 7.09. The lowest BCUT2D eigenvalue weighted by Gasteiger charge is -2.03. The Balaban J connectivity index is 4.46. The molecule has 0 amide bonds. The van der Waals surface area contributed by atoms with Gasteiger partial charge in [-0.1, -0.05) is 6.08 Å². The summed E-state index contributed by atoms with van der Waals surface area (Å²) in [6, 6.07) is 0. The molecule has 0 aromatic rings. The second-order valence-electron chi connectivity index (χ2n) is 2.35. The molecule has 0 aliphatic heterocycles. The van der Waals surface area contributed by atoms with Crippen molar-refractivity contribution in [1.82, 2.24) is 0 Å². The third-order valence-corrected chi connectivity index (χ3v) is 2.29. The molecule has 0 saturated carbocycles. The van der Waals surface area contributed by atoms with Crippen LogP contribution in [0.2, 0.25) is 0 Å². The highest BCUT2D eigenvalue weighted by molar-refractivity contribution is 7.41. The van der Waals surface area contributed by atoms with Crippen LogP contribution in [-0.2, 0) is 28.2 Å². The maximum atomic E-state index is 11.3. The van der Waals surface area contributed by atoms with E-state index >= 15 is 0 Å². The Morgan fingerprint density at radius 1 is 1.53 bits per heavy atom. The molecule has 15 heavy (non-hydrogen) atoms. The van der Waals surface area contributed by atoms with E-state index in [-0.39, 0.29) is 6.61 Å². The van der Waals surface area contributed by atoms with Crippen LogP contribution in [-0.4, -0.2) is 31.5 Å². The number of methoxy groups -OCH3 is 1. The topological polar surface area (TPSA) is 78.9 Å². The fourth-order valence-corrected chi connectivity index (χ4v) is 1.53. The number of carbonyl (C=O) groups excluding carboxylic acids is 2. The molecule has 7 heteroatoms. The van der Waals surface area contributed by atoms with Crippen molar-refractivity contribution < 1.29 is 28.2 Å². The first-order valence-electron chi connectivity index (χ1n) is 3.98. The van der Waals surface area contributed by atoms with Gasteiger partial charge in [-0.3, -0.25) is 4.79 Å². The molecule has 0 fully saturated rings. The fourth-order valence-electron chi connectivity index (χ4n) is 0.629. The number of esters is 2. The zero-order chi connectivity index (χ0) is 11.8. The highest BCUT2D eigenvalue weighted by Gasteiger charge is 2.44. The van der Waals surface area contributed by atoms with Crippen molar-refractivity contribution in [2.45, 2.75) is 12.8 Å². The van der Waals surface area contributed by atoms with Crippen molar-refractivity contribution in [3.8, 4) is 0 Å². The smallest absolute Gasteiger partial charge is 0.463 e. The first-order chi connectivity index (χ1) is 7.02. The minimum Gasteiger partial charge on any atom is -0.463 e. The Bertz CT molecular complexity index is 274. The van der Waals surface area contributed by atoms with E-state index in [1.54, 1.807) is 0 Å². The molecule has 0 aromatic heterocycles. The van der Waals surface area contributed by atoms with Crippen LogP contribution in [0.1, 0.15) is 6.92 Å². The number of ether oxygens (including phenoxy) is 2. The molecule has 0 bridgehead atoms. The van der Waals surface area contributed by atoms with E-state index < -0.39 is 25.8 Å². The second-order valence-corrected chi connectivity index (χ2v) is 3.65. The third kappa shape index (κ3) is 5.24. The van der Waals surface area contributed by atoms with Gasteiger partial charge >= 0.3 is 25.8 Å². The first-order valence-corrected chi connectivity index (χ1v) is 5.22. The third-order valence-electron chi connectivity index (χ3n) is 1.19. The van der Waals surface area contributed by atoms with Crippen LogP contribution in [0, 0.1) is 0 Å². The summed E-state index contributed by atoms with van der Waals surface area (Å²) in [4.78, 5) is 21.7. The predicted octanol–water partition coefficient (Wildman–Crippen LogP) is 0.994. The van der Waals surface area contributed by atoms with Crippen LogP contribution in [0.5, 0.6) is 0 Å². The van der Waals surface area contributed by atoms with E-state index in [2.05, 4.69) is 16.1 Å². The van der Waals surface area contributed by atoms with Crippen LogP contribution in [0.4, 0.5) is 0 Å². The van der Waals surface area contributed by atoms with Gasteiger partial charge in [0.15, 0.2) is 0 Å². The molecule has 0 rings (SSSR count). The van der Waals surface area contributed by atoms with Crippen molar-refractivity contribution in [2.75, 3.05) is 13.7 Å². The highest BCUT2D eigenvalue weighted by Crippen LogP contribution is 2.31. The minimum atomic E-state index is -2.47. The lowest BCUT2D eigenvalue weighted by atomic mass is 10.7. The van der Waals surface area contributed by atoms with Gasteiger partial charge in [-0.25, -0.2) is 4.79 Å². The Morgan fingerprint density at radius 2 is 2.13 bits per heavy atom. The quantitative estimate of drug-likeness (QED) is 0.388. The molecule has 0 N–H and O–H groups in total. The minimum absolute atomic E-state index is 0.00996. The van der Waals surface area contributed by atoms with Gasteiger partial charge in [0, 0.05) is 6.92 Å². The number of carbonyl (C=O) groups is 2. The molecule has 2 unspecified atom stereocenters. The largest absolute Gasteiger partial charge is 0.566 e. The number of hydrogen-bond acceptors (Lipinski definition) is 6. The van der Waals surface area contributed by atoms with E-state index in [1.807, 2.05) is 0 Å². The molecule has 0 aliphatic rings. The molecule has 0 radical (unpaired) electrons. The van der Waals surface area contributed by atoms with E-state index in [9.17, 15) is 14.2 Å². The summed E-state index contributed by atoms with van der Waals surface area (Å²) in [5.74, 6) is -3.19. The molecule has 84 valence electrons. The molecule has 6 nitrogen and oxygen atoms in total. The summed E-state index contributed by atoms with van der Waals surface area (Å²) >= 11 is 0. The maximum Gasteiger partial charge on any atom is 0.566 e. The predicted molar refractivity (Wildman–Crippen MR) is 51.3 cm³/mol. The summed E-state index contributed by atoms with van der Waals surface area (Å²) in [6.45, 7) is 4.42. The summed E-state index contributed by atoms with van der Waals surface area (Å²) < 4.78 is 24.8. The van der Waals surface area contributed by atoms with Crippen LogP contribution >= 0.6 is 8.03 Å². The lowest BCUT2D eigenvalue weighted by Crippen LogP contribution is -2.24. The molecule has 0 heterocycles. The van der Waals surface area contributed by atoms with Gasteiger partial charge in [0.05, 0.1) is 7.11 Å². The maximum absolute atomic E-state index is 11.3. The Kier molecular flexibility index (Phi) is 6.49. The number of hydrogen-bond donors (Lipinski definition) is 0. The summed E-state index contributed by atoms with van der Waals surface area (Å²) in [7, 11) is -1.37. The Labute approximate surface area is 88.1 Å². The van der Waals surface area contributed by atoms with E-state index in [0.29, 0.717) is 0 Å². The van der Waals surface area contributed by atoms with Crippen molar-refractivity contribution in [3.05, 3.63) is 12.7 Å². The van der Waals surface area contributed by atoms with E-state index in [4.69, 9.17) is 4.52 Å². The molecule has 0 spiro atoms. The zero-order valence-corrected chi connectivity index (χ0v) is 9.36. The first kappa shape index (κ1) is 13.7. The van der Waals surface area contributed by atoms with Crippen molar-refractivity contribution >= 4 is 20.0 Å². The van der Waals surface area contributed by atoms with Crippen molar-refractivity contribution in [1.29, 1.82) is 0 Å². The average Bonchev–Trinajstić information content (AvgIpc) is 2.21. The van der Waals surface area contributed by atoms with E-state index in [1.165, 1.54) is 6.08 Å². The highest BCUT2D eigenvalue weighted by atomic mass is 31.1. The Morgan fingerprint density at radius 3 is 2.53 bits per heavy atom. The van der Waals surface area contributed by atoms with E-state index in [0.717, 1.165) is 14.0 Å². The van der Waals surface area contributed by atoms with Gasteiger partial charge in [0.2, 0.25) is 0 Å². The summed E-state index contributed by atoms with van der Waals surface area (Å²) in [5.41, 5.74) is 0. The van der Waals surface area contributed by atoms with Gasteiger partial charge in [0.25, 0.3) is 0 Å². The van der Waals surface area contributed by atoms with Crippen LogP contribution in [0.25, 0.3) is 0 Å². The average molecular weight is 235 g/mol. The van der Waals surface area contributed by atoms with Crippen LogP contribution in [0.3, 0.4) is 0 Å². The van der Waals surface area contributed by atoms with Gasteiger partial charge in [-0.05, 0) is 4.57 Å². The van der Waals surface area contributed by atoms with Gasteiger partial charge in [-0.15, -0.1) is 11.1 Å². The van der Waals surface area contributed by atoms with Crippen LogP contribution in [0.15, 0.2) is 12.7 Å². The van der Waals surface area contributed by atoms with Crippen LogP contribution < -0.4 is 0 Å². The van der Waals surface area contributed by atoms with Crippen molar-refractivity contribution in [3.63, 3.8) is 0 Å². The standard InChI is InChI=1S/C8H12O6P/c1-4-5-13-15(11)8(7(10)12-3)14-6(2)9/h4,8H,1,5H2,2-3H3/q+1. The number of rotatable bonds is 6. The molecule has 0 aromatic carbocycles. The molecular weight excluding hydrogens is 223 g/mol. The van der Waals surface area contributed by atoms with Gasteiger partial charge < -0.3 is 9.47 Å².